The van der Waals surface area contributed by atoms with Gasteiger partial charge in [-0.3, -0.25) is 0 Å². The van der Waals surface area contributed by atoms with Gasteiger partial charge < -0.3 is 8.46 Å². The Morgan fingerprint density at radius 3 is 1.89 bits per heavy atom. The van der Waals surface area contributed by atoms with Crippen molar-refractivity contribution >= 4 is 30.7 Å². The minimum atomic E-state index is 0.0131. The Bertz CT molecular complexity index is 76.2. The highest BCUT2D eigenvalue weighted by molar-refractivity contribution is 6.50. The molecule has 0 amide bonds. The van der Waals surface area contributed by atoms with Crippen molar-refractivity contribution in [3.8, 4) is 0 Å². The first kappa shape index (κ1) is 9.57. The average Bonchev–Trinajstić information content (AvgIpc) is 1.63. The fourth-order valence-electron chi connectivity index (χ4n) is 0.609. The minimum Gasteiger partial charge on any atom is -0.376 e. The van der Waals surface area contributed by atoms with E-state index in [2.05, 4.69) is 29.4 Å². The SMILES string of the molecule is CC(C)N(C)[SiH2]N([SiH3])[SiH3]. The summed E-state index contributed by atoms with van der Waals surface area (Å²) in [6, 6.07) is 0.752. The third-order valence-corrected chi connectivity index (χ3v) is 4.83. The van der Waals surface area contributed by atoms with E-state index in [0.717, 1.165) is 6.04 Å². The Labute approximate surface area is 66.6 Å². The molecule has 0 aliphatic carbocycles. The maximum absolute atomic E-state index is 2.58. The van der Waals surface area contributed by atoms with Crippen LogP contribution in [-0.2, 0) is 0 Å². The predicted octanol–water partition coefficient (Wildman–Crippen LogP) is -2.81. The molecule has 0 aromatic heterocycles. The molecule has 5 heteroatoms. The monoisotopic (exact) mass is 178 g/mol. The van der Waals surface area contributed by atoms with E-state index in [1.807, 2.05) is 0 Å². The van der Waals surface area contributed by atoms with Gasteiger partial charge in [-0.25, -0.2) is 0 Å². The van der Waals surface area contributed by atoms with Crippen molar-refractivity contribution in [3.63, 3.8) is 0 Å². The van der Waals surface area contributed by atoms with Gasteiger partial charge in [-0.15, -0.1) is 0 Å². The van der Waals surface area contributed by atoms with Crippen LogP contribution in [0.2, 0.25) is 0 Å². The van der Waals surface area contributed by atoms with Crippen LogP contribution >= 0.6 is 0 Å². The molecule has 0 aromatic rings. The van der Waals surface area contributed by atoms with Crippen LogP contribution in [0.1, 0.15) is 13.8 Å². The Balaban J connectivity index is 3.38. The summed E-state index contributed by atoms with van der Waals surface area (Å²) in [6.07, 6.45) is 0. The third kappa shape index (κ3) is 5.04. The van der Waals surface area contributed by atoms with Gasteiger partial charge in [0, 0.05) is 0 Å². The van der Waals surface area contributed by atoms with Gasteiger partial charge >= 0.3 is 0 Å². The molecule has 0 bridgehead atoms. The lowest BCUT2D eigenvalue weighted by Crippen LogP contribution is -2.40. The van der Waals surface area contributed by atoms with Gasteiger partial charge in [0.05, 0.1) is 20.8 Å². The fraction of sp³-hybridized carbons (Fsp3) is 1.00. The summed E-state index contributed by atoms with van der Waals surface area (Å²) in [4.78, 5) is 0. The van der Waals surface area contributed by atoms with Crippen LogP contribution in [0.3, 0.4) is 0 Å². The van der Waals surface area contributed by atoms with E-state index in [-0.39, 0.29) is 9.84 Å². The molecule has 0 radical (unpaired) electrons. The Morgan fingerprint density at radius 1 is 1.33 bits per heavy atom. The lowest BCUT2D eigenvalue weighted by atomic mass is 10.4. The van der Waals surface area contributed by atoms with Crippen molar-refractivity contribution in [3.05, 3.63) is 0 Å². The first-order chi connectivity index (χ1) is 4.04. The number of rotatable bonds is 3. The lowest BCUT2D eigenvalue weighted by Gasteiger charge is -2.24. The van der Waals surface area contributed by atoms with Crippen molar-refractivity contribution in [1.82, 2.24) is 8.46 Å². The van der Waals surface area contributed by atoms with E-state index in [1.54, 1.807) is 0 Å². The van der Waals surface area contributed by atoms with Gasteiger partial charge in [0.2, 0.25) is 0 Å². The Hall–Kier alpha value is 0.571. The van der Waals surface area contributed by atoms with Crippen LogP contribution in [-0.4, -0.2) is 52.2 Å². The third-order valence-electron chi connectivity index (χ3n) is 1.39. The van der Waals surface area contributed by atoms with E-state index in [9.17, 15) is 0 Å². The van der Waals surface area contributed by atoms with Gasteiger partial charge in [0.25, 0.3) is 0 Å². The molecule has 2 nitrogen and oxygen atoms in total. The molecule has 0 saturated carbocycles. The molecule has 0 aromatic carbocycles. The minimum absolute atomic E-state index is 0.0131. The molecule has 9 heavy (non-hydrogen) atoms. The van der Waals surface area contributed by atoms with Gasteiger partial charge in [0.1, 0.15) is 0 Å². The van der Waals surface area contributed by atoms with Gasteiger partial charge in [-0.1, -0.05) is 13.8 Å². The predicted molar refractivity (Wildman–Crippen MR) is 53.2 cm³/mol. The molecule has 0 heterocycles. The zero-order valence-electron chi connectivity index (χ0n) is 7.18. The summed E-state index contributed by atoms with van der Waals surface area (Å²) in [7, 11) is 4.80. The first-order valence-corrected chi connectivity index (χ1v) is 6.44. The zero-order valence-corrected chi connectivity index (χ0v) is 12.6. The Kier molecular flexibility index (Phi) is 4.67. The summed E-state index contributed by atoms with van der Waals surface area (Å²) >= 11 is 0. The Morgan fingerprint density at radius 2 is 1.78 bits per heavy atom. The highest BCUT2D eigenvalue weighted by Gasteiger charge is 2.02. The molecule has 0 atom stereocenters. The van der Waals surface area contributed by atoms with Crippen molar-refractivity contribution in [2.75, 3.05) is 7.05 Å². The van der Waals surface area contributed by atoms with Gasteiger partial charge in [-0.05, 0) is 13.1 Å². The maximum atomic E-state index is 2.58. The second-order valence-corrected chi connectivity index (χ2v) is 13.0. The lowest BCUT2D eigenvalue weighted by molar-refractivity contribution is 0.431. The largest absolute Gasteiger partial charge is 0.376 e. The molecule has 0 rings (SSSR count). The molecule has 56 valence electrons. The molecule has 0 unspecified atom stereocenters. The maximum Gasteiger partial charge on any atom is 0.158 e. The topological polar surface area (TPSA) is 6.48 Å². The zero-order chi connectivity index (χ0) is 7.44. The number of nitrogens with zero attached hydrogens (tertiary/aromatic N) is 2. The molecule has 0 N–H and O–H groups in total. The quantitative estimate of drug-likeness (QED) is 0.431. The molecular formula is C4H18N2Si3. The average molecular weight is 178 g/mol. The molecule has 0 aliphatic rings. The number of hydrogen-bond donors (Lipinski definition) is 0. The van der Waals surface area contributed by atoms with Crippen LogP contribution in [0.25, 0.3) is 0 Å². The van der Waals surface area contributed by atoms with Crippen molar-refractivity contribution in [2.24, 2.45) is 0 Å². The summed E-state index contributed by atoms with van der Waals surface area (Å²) in [6.45, 7) is 4.53. The normalized spacial score (nSPS) is 14.0. The van der Waals surface area contributed by atoms with Crippen molar-refractivity contribution < 1.29 is 0 Å². The molecule has 0 fully saturated rings. The summed E-state index contributed by atoms with van der Waals surface area (Å²) < 4.78 is 5.08. The van der Waals surface area contributed by atoms with Crippen molar-refractivity contribution in [1.29, 1.82) is 0 Å². The molecule has 0 saturated heterocycles. The van der Waals surface area contributed by atoms with Gasteiger partial charge in [0.15, 0.2) is 9.84 Å². The van der Waals surface area contributed by atoms with E-state index in [1.165, 1.54) is 20.8 Å². The van der Waals surface area contributed by atoms with Crippen LogP contribution < -0.4 is 0 Å². The van der Waals surface area contributed by atoms with Gasteiger partial charge in [-0.2, -0.15) is 0 Å². The van der Waals surface area contributed by atoms with Crippen LogP contribution in [0.4, 0.5) is 0 Å². The number of hydrogen-bond acceptors (Lipinski definition) is 2. The van der Waals surface area contributed by atoms with Crippen molar-refractivity contribution in [2.45, 2.75) is 19.9 Å². The highest BCUT2D eigenvalue weighted by Crippen LogP contribution is 1.89. The fourth-order valence-corrected chi connectivity index (χ4v) is 4.51. The first-order valence-electron chi connectivity index (χ1n) is 3.39. The molecule has 0 spiro atoms. The van der Waals surface area contributed by atoms with E-state index in [4.69, 9.17) is 0 Å². The van der Waals surface area contributed by atoms with E-state index in [0.29, 0.717) is 0 Å². The second-order valence-electron chi connectivity index (χ2n) is 3.07. The molecular weight excluding hydrogens is 160 g/mol. The second kappa shape index (κ2) is 4.40. The summed E-state index contributed by atoms with van der Waals surface area (Å²) in [5.74, 6) is 0. The molecule has 0 aliphatic heterocycles. The van der Waals surface area contributed by atoms with E-state index < -0.39 is 0 Å². The van der Waals surface area contributed by atoms with Crippen LogP contribution in [0.5, 0.6) is 0 Å². The van der Waals surface area contributed by atoms with Crippen LogP contribution in [0, 0.1) is 0 Å². The smallest absolute Gasteiger partial charge is 0.158 e. The highest BCUT2D eigenvalue weighted by atomic mass is 28.3. The summed E-state index contributed by atoms with van der Waals surface area (Å²) in [5.41, 5.74) is 0. The standard InChI is InChI=1S/C4H18N2Si3/c1-4(2)5(3)9-6(7)8/h4H,9H2,1-3,7-8H3. The van der Waals surface area contributed by atoms with Crippen LogP contribution in [0.15, 0.2) is 0 Å². The van der Waals surface area contributed by atoms with E-state index >= 15 is 0 Å². The summed E-state index contributed by atoms with van der Waals surface area (Å²) in [5, 5.41) is 0.